The van der Waals surface area contributed by atoms with Gasteiger partial charge in [0.25, 0.3) is 0 Å². The first-order valence-corrected chi connectivity index (χ1v) is 8.53. The molecule has 0 amide bonds. The Labute approximate surface area is 129 Å². The molecule has 1 aromatic rings. The highest BCUT2D eigenvalue weighted by atomic mass is 32.2. The molecule has 2 aliphatic rings. The molecule has 1 fully saturated rings. The predicted octanol–water partition coefficient (Wildman–Crippen LogP) is 4.17. The number of rotatable bonds is 2. The Morgan fingerprint density at radius 2 is 2.05 bits per heavy atom. The molecule has 0 aliphatic carbocycles. The van der Waals surface area contributed by atoms with Crippen molar-refractivity contribution in [3.8, 4) is 5.75 Å². The summed E-state index contributed by atoms with van der Waals surface area (Å²) in [6.45, 7) is 0. The fraction of sp³-hybridized carbons (Fsp3) is 0.500. The van der Waals surface area contributed by atoms with Crippen molar-refractivity contribution in [3.63, 3.8) is 0 Å². The molecule has 0 radical (unpaired) electrons. The van der Waals surface area contributed by atoms with E-state index in [9.17, 15) is 17.4 Å². The maximum absolute atomic E-state index is 12.9. The van der Waals surface area contributed by atoms with Crippen LogP contribution >= 0.6 is 0 Å². The molecule has 2 bridgehead atoms. The van der Waals surface area contributed by atoms with Gasteiger partial charge in [-0.05, 0) is 42.5 Å². The first-order chi connectivity index (χ1) is 10.4. The highest BCUT2D eigenvalue weighted by Crippen LogP contribution is 2.41. The summed E-state index contributed by atoms with van der Waals surface area (Å²) in [5.41, 5.74) is 0.957. The minimum Gasteiger partial charge on any atom is -0.496 e. The average Bonchev–Trinajstić information content (AvgIpc) is 2.45. The van der Waals surface area contributed by atoms with Crippen molar-refractivity contribution >= 4 is 16.4 Å². The Morgan fingerprint density at radius 1 is 1.27 bits per heavy atom. The summed E-state index contributed by atoms with van der Waals surface area (Å²) in [6.07, 6.45) is 1.11. The lowest BCUT2D eigenvalue weighted by Crippen LogP contribution is -2.33. The maximum Gasteiger partial charge on any atom is 0.419 e. The van der Waals surface area contributed by atoms with Gasteiger partial charge in [-0.25, -0.2) is 0 Å². The van der Waals surface area contributed by atoms with Crippen LogP contribution in [0, 0.1) is 0 Å². The lowest BCUT2D eigenvalue weighted by Gasteiger charge is -2.33. The summed E-state index contributed by atoms with van der Waals surface area (Å²) in [6, 6.07) is 4.00. The van der Waals surface area contributed by atoms with Gasteiger partial charge < -0.3 is 4.74 Å². The Hall–Kier alpha value is -1.30. The number of fused-ring (bicyclic) bond motifs is 2. The molecule has 22 heavy (non-hydrogen) atoms. The molecule has 0 spiro atoms. The van der Waals surface area contributed by atoms with Gasteiger partial charge in [-0.3, -0.25) is 4.21 Å². The highest BCUT2D eigenvalue weighted by Gasteiger charge is 2.36. The van der Waals surface area contributed by atoms with E-state index in [0.29, 0.717) is 6.42 Å². The Bertz CT molecular complexity index is 637. The summed E-state index contributed by atoms with van der Waals surface area (Å²) in [5.74, 6) is -0.164. The normalized spacial score (nSPS) is 28.2. The van der Waals surface area contributed by atoms with E-state index >= 15 is 0 Å². The van der Waals surface area contributed by atoms with E-state index in [-0.39, 0.29) is 16.2 Å². The first-order valence-electron chi connectivity index (χ1n) is 7.26. The maximum atomic E-state index is 12.9. The second-order valence-electron chi connectivity index (χ2n) is 5.73. The molecular weight excluding hydrogens is 313 g/mol. The largest absolute Gasteiger partial charge is 0.496 e. The zero-order valence-corrected chi connectivity index (χ0v) is 13.0. The summed E-state index contributed by atoms with van der Waals surface area (Å²) in [5, 5.41) is 0.169. The van der Waals surface area contributed by atoms with Gasteiger partial charge in [0.05, 0.1) is 17.9 Å². The van der Waals surface area contributed by atoms with Crippen LogP contribution in [0.3, 0.4) is 0 Å². The topological polar surface area (TPSA) is 26.3 Å². The zero-order valence-electron chi connectivity index (χ0n) is 12.2. The minimum atomic E-state index is -4.43. The quantitative estimate of drug-likeness (QED) is 0.813. The van der Waals surface area contributed by atoms with Crippen LogP contribution in [-0.4, -0.2) is 21.8 Å². The third kappa shape index (κ3) is 2.81. The van der Waals surface area contributed by atoms with Gasteiger partial charge in [-0.2, -0.15) is 13.2 Å². The van der Waals surface area contributed by atoms with E-state index in [0.717, 1.165) is 36.5 Å². The smallest absolute Gasteiger partial charge is 0.419 e. The number of hydrogen-bond acceptors (Lipinski definition) is 2. The summed E-state index contributed by atoms with van der Waals surface area (Å²) in [4.78, 5) is 0. The third-order valence-corrected chi connectivity index (χ3v) is 6.38. The number of hydrogen-bond donors (Lipinski definition) is 0. The molecule has 3 rings (SSSR count). The second-order valence-corrected chi connectivity index (χ2v) is 7.66. The minimum absolute atomic E-state index is 0.0378. The van der Waals surface area contributed by atoms with Crippen LogP contribution in [0.4, 0.5) is 13.2 Å². The molecule has 2 heterocycles. The Balaban J connectivity index is 1.98. The summed E-state index contributed by atoms with van der Waals surface area (Å²) < 4.78 is 55.8. The Morgan fingerprint density at radius 3 is 2.68 bits per heavy atom. The number of alkyl halides is 3. The fourth-order valence-electron chi connectivity index (χ4n) is 3.24. The molecule has 3 atom stereocenters. The van der Waals surface area contributed by atoms with Gasteiger partial charge in [-0.15, -0.1) is 0 Å². The molecule has 1 saturated heterocycles. The van der Waals surface area contributed by atoms with Crippen LogP contribution in [0.5, 0.6) is 5.75 Å². The monoisotopic (exact) mass is 330 g/mol. The van der Waals surface area contributed by atoms with Crippen molar-refractivity contribution in [1.29, 1.82) is 0 Å². The van der Waals surface area contributed by atoms with E-state index < -0.39 is 22.5 Å². The highest BCUT2D eigenvalue weighted by molar-refractivity contribution is 7.86. The van der Waals surface area contributed by atoms with E-state index in [1.165, 1.54) is 19.2 Å². The number of allylic oxidation sites excluding steroid dienone is 1. The molecule has 0 N–H and O–H groups in total. The van der Waals surface area contributed by atoms with Crippen LogP contribution in [0.2, 0.25) is 0 Å². The van der Waals surface area contributed by atoms with Crippen molar-refractivity contribution in [3.05, 3.63) is 35.4 Å². The number of methoxy groups -OCH3 is 1. The van der Waals surface area contributed by atoms with Gasteiger partial charge in [0, 0.05) is 16.0 Å². The molecule has 2 aliphatic heterocycles. The van der Waals surface area contributed by atoms with Gasteiger partial charge in [0.1, 0.15) is 5.75 Å². The van der Waals surface area contributed by atoms with Crippen molar-refractivity contribution in [2.75, 3.05) is 7.11 Å². The van der Waals surface area contributed by atoms with Gasteiger partial charge >= 0.3 is 6.18 Å². The van der Waals surface area contributed by atoms with Crippen molar-refractivity contribution in [1.82, 2.24) is 0 Å². The SMILES string of the molecule is COc1cc(C2=CC3CCCC(C2)S3=O)ccc1C(F)(F)F. The van der Waals surface area contributed by atoms with Crippen LogP contribution in [-0.2, 0) is 17.0 Å². The van der Waals surface area contributed by atoms with E-state index in [4.69, 9.17) is 4.74 Å². The molecule has 3 unspecified atom stereocenters. The van der Waals surface area contributed by atoms with Crippen LogP contribution in [0.25, 0.3) is 5.57 Å². The van der Waals surface area contributed by atoms with E-state index in [1.807, 2.05) is 6.08 Å². The molecule has 1 aromatic carbocycles. The molecular formula is C16H17F3O2S. The third-order valence-electron chi connectivity index (χ3n) is 4.35. The second kappa shape index (κ2) is 5.72. The standard InChI is InChI=1S/C16H17F3O2S/c1-21-15-9-10(5-6-14(15)16(17,18)19)11-7-12-3-2-4-13(8-11)22(12)20/h5-7,9,12-13H,2-4,8H2,1H3. The number of halogens is 3. The fourth-order valence-corrected chi connectivity index (χ4v) is 5.17. The van der Waals surface area contributed by atoms with Gasteiger partial charge in [0.15, 0.2) is 0 Å². The van der Waals surface area contributed by atoms with Gasteiger partial charge in [-0.1, -0.05) is 18.6 Å². The predicted molar refractivity (Wildman–Crippen MR) is 80.2 cm³/mol. The van der Waals surface area contributed by atoms with Crippen molar-refractivity contribution in [2.24, 2.45) is 0 Å². The molecule has 0 saturated carbocycles. The summed E-state index contributed by atoms with van der Waals surface area (Å²) in [7, 11) is 0.400. The molecule has 6 heteroatoms. The zero-order chi connectivity index (χ0) is 15.9. The first kappa shape index (κ1) is 15.6. The summed E-state index contributed by atoms with van der Waals surface area (Å²) >= 11 is 0. The number of benzene rings is 1. The van der Waals surface area contributed by atoms with Crippen LogP contribution < -0.4 is 4.74 Å². The molecule has 2 nitrogen and oxygen atoms in total. The van der Waals surface area contributed by atoms with E-state index in [2.05, 4.69) is 0 Å². The van der Waals surface area contributed by atoms with Gasteiger partial charge in [0.2, 0.25) is 0 Å². The lowest BCUT2D eigenvalue weighted by atomic mass is 9.92. The molecule has 120 valence electrons. The average molecular weight is 330 g/mol. The number of ether oxygens (including phenoxy) is 1. The van der Waals surface area contributed by atoms with Crippen molar-refractivity contribution in [2.45, 2.75) is 42.4 Å². The lowest BCUT2D eigenvalue weighted by molar-refractivity contribution is -0.138. The van der Waals surface area contributed by atoms with Crippen LogP contribution in [0.1, 0.15) is 36.8 Å². The van der Waals surface area contributed by atoms with Crippen molar-refractivity contribution < 1.29 is 22.1 Å². The Kier molecular flexibility index (Phi) is 4.05. The van der Waals surface area contributed by atoms with E-state index in [1.54, 1.807) is 0 Å². The van der Waals surface area contributed by atoms with Crippen LogP contribution in [0.15, 0.2) is 24.3 Å². The molecule has 0 aromatic heterocycles.